The molecule has 2 saturated carbocycles. The molecule has 0 amide bonds. The Morgan fingerprint density at radius 2 is 1.05 bits per heavy atom. The number of hydrogen-bond donors (Lipinski definition) is 2. The molecule has 0 radical (unpaired) electrons. The minimum Gasteiger partial charge on any atom is -0.368 e. The molecular weight excluding hydrogens is 292 g/mol. The second kappa shape index (κ2) is 8.42. The summed E-state index contributed by atoms with van der Waals surface area (Å²) in [6.45, 7) is 0. The third-order valence-electron chi connectivity index (χ3n) is 4.04. The molecule has 108 valence electrons. The lowest BCUT2D eigenvalue weighted by atomic mass is 9.96. The van der Waals surface area contributed by atoms with E-state index in [4.69, 9.17) is 24.4 Å². The maximum Gasteiger partial charge on any atom is 0.141 e. The van der Waals surface area contributed by atoms with Gasteiger partial charge in [0.05, 0.1) is 0 Å². The van der Waals surface area contributed by atoms with E-state index in [2.05, 4.69) is 10.6 Å². The second-order valence-corrected chi connectivity index (χ2v) is 7.99. The normalized spacial score (nSPS) is 21.9. The van der Waals surface area contributed by atoms with E-state index in [1.807, 2.05) is 0 Å². The molecule has 0 atom stereocenters. The lowest BCUT2D eigenvalue weighted by molar-refractivity contribution is 0.415. The number of nitrogens with one attached hydrogen (secondary N) is 2. The van der Waals surface area contributed by atoms with Crippen molar-refractivity contribution in [1.29, 1.82) is 0 Å². The van der Waals surface area contributed by atoms with E-state index in [0.29, 0.717) is 12.1 Å². The number of hydrogen-bond acceptors (Lipinski definition) is 3. The first-order valence-electron chi connectivity index (χ1n) is 7.53. The summed E-state index contributed by atoms with van der Waals surface area (Å²) in [5, 5.41) is 6.91. The standard InChI is InChI=1S/C14H24N2S3/c17-13(15-11-7-3-1-4-8-11)19-14(18)16-12-9-5-2-6-10-12/h11-12H,1-10H2,(H,15,17)(H,16,18). The first kappa shape index (κ1) is 15.5. The molecule has 5 heteroatoms. The largest absolute Gasteiger partial charge is 0.368 e. The molecule has 0 saturated heterocycles. The molecule has 0 aromatic heterocycles. The average molecular weight is 317 g/mol. The van der Waals surface area contributed by atoms with Crippen LogP contribution in [0.4, 0.5) is 0 Å². The van der Waals surface area contributed by atoms with Crippen LogP contribution in [0.5, 0.6) is 0 Å². The van der Waals surface area contributed by atoms with Gasteiger partial charge in [-0.05, 0) is 37.4 Å². The molecule has 0 heterocycles. The van der Waals surface area contributed by atoms with Gasteiger partial charge in [0, 0.05) is 12.1 Å². The Morgan fingerprint density at radius 1 is 0.684 bits per heavy atom. The van der Waals surface area contributed by atoms with E-state index >= 15 is 0 Å². The highest BCUT2D eigenvalue weighted by atomic mass is 32.2. The van der Waals surface area contributed by atoms with Gasteiger partial charge in [0.25, 0.3) is 0 Å². The van der Waals surface area contributed by atoms with Crippen molar-refractivity contribution in [2.75, 3.05) is 0 Å². The van der Waals surface area contributed by atoms with Crippen LogP contribution in [0.1, 0.15) is 64.2 Å². The van der Waals surface area contributed by atoms with Gasteiger partial charge in [-0.15, -0.1) is 0 Å². The van der Waals surface area contributed by atoms with Gasteiger partial charge in [-0.1, -0.05) is 63.0 Å². The highest BCUT2D eigenvalue weighted by Gasteiger charge is 2.17. The average Bonchev–Trinajstić information content (AvgIpc) is 2.40. The third-order valence-corrected chi connectivity index (χ3v) is 5.38. The monoisotopic (exact) mass is 316 g/mol. The first-order valence-corrected chi connectivity index (χ1v) is 9.16. The quantitative estimate of drug-likeness (QED) is 0.746. The van der Waals surface area contributed by atoms with E-state index in [-0.39, 0.29) is 0 Å². The van der Waals surface area contributed by atoms with Crippen molar-refractivity contribution >= 4 is 44.8 Å². The molecule has 0 aromatic rings. The van der Waals surface area contributed by atoms with Crippen LogP contribution in [0, 0.1) is 0 Å². The van der Waals surface area contributed by atoms with Gasteiger partial charge in [-0.2, -0.15) is 0 Å². The van der Waals surface area contributed by atoms with Crippen molar-refractivity contribution in [3.63, 3.8) is 0 Å². The van der Waals surface area contributed by atoms with Crippen LogP contribution >= 0.6 is 36.2 Å². The van der Waals surface area contributed by atoms with Gasteiger partial charge in [-0.3, -0.25) is 0 Å². The van der Waals surface area contributed by atoms with Crippen LogP contribution in [-0.2, 0) is 0 Å². The number of thiocarbonyl (C=S) groups is 2. The predicted molar refractivity (Wildman–Crippen MR) is 92.8 cm³/mol. The molecule has 2 aliphatic carbocycles. The summed E-state index contributed by atoms with van der Waals surface area (Å²) in [5.74, 6) is 0. The van der Waals surface area contributed by atoms with E-state index in [1.54, 1.807) is 0 Å². The summed E-state index contributed by atoms with van der Waals surface area (Å²) in [7, 11) is 0. The molecule has 2 rings (SSSR count). The van der Waals surface area contributed by atoms with Gasteiger partial charge in [0.2, 0.25) is 0 Å². The molecule has 19 heavy (non-hydrogen) atoms. The Bertz CT molecular complexity index is 278. The van der Waals surface area contributed by atoms with E-state index in [9.17, 15) is 0 Å². The topological polar surface area (TPSA) is 24.1 Å². The minimum absolute atomic E-state index is 0.575. The predicted octanol–water partition coefficient (Wildman–Crippen LogP) is 4.13. The zero-order valence-corrected chi connectivity index (χ0v) is 13.9. The highest BCUT2D eigenvalue weighted by molar-refractivity contribution is 8.37. The maximum absolute atomic E-state index is 5.40. The van der Waals surface area contributed by atoms with Crippen molar-refractivity contribution in [1.82, 2.24) is 10.6 Å². The molecule has 2 nitrogen and oxygen atoms in total. The molecule has 0 spiro atoms. The van der Waals surface area contributed by atoms with Crippen molar-refractivity contribution < 1.29 is 0 Å². The first-order chi connectivity index (χ1) is 9.24. The molecule has 2 fully saturated rings. The van der Waals surface area contributed by atoms with Crippen molar-refractivity contribution in [3.05, 3.63) is 0 Å². The second-order valence-electron chi connectivity index (χ2n) is 5.64. The summed E-state index contributed by atoms with van der Waals surface area (Å²) in [5.41, 5.74) is 0. The van der Waals surface area contributed by atoms with Crippen LogP contribution in [0.25, 0.3) is 0 Å². The van der Waals surface area contributed by atoms with Crippen LogP contribution < -0.4 is 10.6 Å². The number of thioether (sulfide) groups is 1. The fourth-order valence-electron chi connectivity index (χ4n) is 2.97. The van der Waals surface area contributed by atoms with Gasteiger partial charge in [0.15, 0.2) is 0 Å². The summed E-state index contributed by atoms with van der Waals surface area (Å²) < 4.78 is 1.69. The van der Waals surface area contributed by atoms with E-state index in [0.717, 1.165) is 8.64 Å². The van der Waals surface area contributed by atoms with Gasteiger partial charge in [0.1, 0.15) is 8.64 Å². The van der Waals surface area contributed by atoms with Gasteiger partial charge >= 0.3 is 0 Å². The molecule has 0 aromatic carbocycles. The van der Waals surface area contributed by atoms with Crippen LogP contribution in [0.2, 0.25) is 0 Å². The van der Waals surface area contributed by atoms with E-state index < -0.39 is 0 Å². The summed E-state index contributed by atoms with van der Waals surface area (Å²) in [6.07, 6.45) is 13.1. The molecule has 0 bridgehead atoms. The lowest BCUT2D eigenvalue weighted by Crippen LogP contribution is -2.37. The minimum atomic E-state index is 0.575. The van der Waals surface area contributed by atoms with Crippen LogP contribution in [0.15, 0.2) is 0 Å². The van der Waals surface area contributed by atoms with Gasteiger partial charge < -0.3 is 10.6 Å². The Hall–Kier alpha value is 0.130. The summed E-state index contributed by atoms with van der Waals surface area (Å²) in [6, 6.07) is 1.15. The Morgan fingerprint density at radius 3 is 1.42 bits per heavy atom. The molecule has 0 aliphatic heterocycles. The zero-order valence-electron chi connectivity index (χ0n) is 11.5. The summed E-state index contributed by atoms with van der Waals surface area (Å²) in [4.78, 5) is 0. The Labute approximate surface area is 131 Å². The van der Waals surface area contributed by atoms with E-state index in [1.165, 1.54) is 76.0 Å². The third kappa shape index (κ3) is 5.96. The smallest absolute Gasteiger partial charge is 0.141 e. The number of rotatable bonds is 2. The van der Waals surface area contributed by atoms with Crippen molar-refractivity contribution in [3.8, 4) is 0 Å². The molecule has 2 aliphatic rings. The lowest BCUT2D eigenvalue weighted by Gasteiger charge is -2.26. The zero-order chi connectivity index (χ0) is 13.5. The maximum atomic E-state index is 5.40. The summed E-state index contributed by atoms with van der Waals surface area (Å²) >= 11 is 12.3. The van der Waals surface area contributed by atoms with Gasteiger partial charge in [-0.25, -0.2) is 0 Å². The van der Waals surface area contributed by atoms with Crippen molar-refractivity contribution in [2.45, 2.75) is 76.3 Å². The molecule has 2 N–H and O–H groups in total. The Kier molecular flexibility index (Phi) is 6.88. The Balaban J connectivity index is 1.64. The molecular formula is C14H24N2S3. The van der Waals surface area contributed by atoms with Crippen LogP contribution in [0.3, 0.4) is 0 Å². The van der Waals surface area contributed by atoms with Crippen LogP contribution in [-0.4, -0.2) is 20.7 Å². The molecule has 0 unspecified atom stereocenters. The SMILES string of the molecule is S=C(NC1CCCCC1)SC(=S)NC1CCCCC1. The fourth-order valence-corrected chi connectivity index (χ4v) is 4.58. The fraction of sp³-hybridized carbons (Fsp3) is 0.857. The highest BCUT2D eigenvalue weighted by Crippen LogP contribution is 2.20. The van der Waals surface area contributed by atoms with Crippen molar-refractivity contribution in [2.24, 2.45) is 0 Å².